The second-order valence-corrected chi connectivity index (χ2v) is 9.60. The summed E-state index contributed by atoms with van der Waals surface area (Å²) in [5, 5.41) is 16.8. The molecule has 0 spiro atoms. The first-order valence-corrected chi connectivity index (χ1v) is 11.8. The van der Waals surface area contributed by atoms with Gasteiger partial charge in [-0.15, -0.1) is 0 Å². The van der Waals surface area contributed by atoms with Crippen LogP contribution >= 0.6 is 0 Å². The zero-order valence-electron chi connectivity index (χ0n) is 18.3. The molecule has 1 aromatic heterocycles. The number of aromatic nitrogens is 2. The number of sulfonamides is 1. The average molecular weight is 457 g/mol. The Kier molecular flexibility index (Phi) is 7.44. The van der Waals surface area contributed by atoms with Crippen LogP contribution in [0.3, 0.4) is 0 Å². The molecular weight excluding hydrogens is 428 g/mol. The number of carbonyl (C=O) groups is 1. The maximum atomic E-state index is 12.6. The normalized spacial score (nSPS) is 13.5. The van der Waals surface area contributed by atoms with Crippen LogP contribution in [-0.2, 0) is 16.4 Å². The van der Waals surface area contributed by atoms with E-state index in [-0.39, 0.29) is 23.4 Å². The molecule has 0 fully saturated rings. The number of benzene rings is 2. The van der Waals surface area contributed by atoms with Crippen LogP contribution in [0.1, 0.15) is 35.6 Å². The van der Waals surface area contributed by atoms with Crippen molar-refractivity contribution in [1.82, 2.24) is 19.8 Å². The SMILES string of the molecule is Cc1cc(CC(C)NC(=O)c2ccc(S(=O)(=O)NCC(C)O)cc2)n(-c2ccccc2)n1. The number of amides is 1. The zero-order valence-corrected chi connectivity index (χ0v) is 19.1. The number of aliphatic hydroxyl groups excluding tert-OH is 1. The van der Waals surface area contributed by atoms with Crippen LogP contribution in [0, 0.1) is 6.92 Å². The maximum absolute atomic E-state index is 12.6. The first kappa shape index (κ1) is 23.6. The summed E-state index contributed by atoms with van der Waals surface area (Å²) in [6, 6.07) is 17.3. The van der Waals surface area contributed by atoms with Crippen molar-refractivity contribution in [1.29, 1.82) is 0 Å². The Labute approximate surface area is 188 Å². The monoisotopic (exact) mass is 456 g/mol. The number of hydrogen-bond acceptors (Lipinski definition) is 5. The third-order valence-electron chi connectivity index (χ3n) is 4.79. The molecular formula is C23H28N4O4S. The second-order valence-electron chi connectivity index (χ2n) is 7.83. The number of nitrogens with one attached hydrogen (secondary N) is 2. The number of carbonyl (C=O) groups excluding carboxylic acids is 1. The molecule has 1 amide bonds. The van der Waals surface area contributed by atoms with Crippen molar-refractivity contribution in [3.05, 3.63) is 77.6 Å². The highest BCUT2D eigenvalue weighted by Crippen LogP contribution is 2.15. The Morgan fingerprint density at radius 2 is 1.75 bits per heavy atom. The summed E-state index contributed by atoms with van der Waals surface area (Å²) in [5.41, 5.74) is 3.18. The summed E-state index contributed by atoms with van der Waals surface area (Å²) < 4.78 is 28.6. The van der Waals surface area contributed by atoms with Crippen LogP contribution in [-0.4, -0.2) is 47.9 Å². The van der Waals surface area contributed by atoms with Gasteiger partial charge in [-0.1, -0.05) is 18.2 Å². The number of aliphatic hydroxyl groups is 1. The van der Waals surface area contributed by atoms with Gasteiger partial charge >= 0.3 is 0 Å². The fourth-order valence-corrected chi connectivity index (χ4v) is 4.38. The van der Waals surface area contributed by atoms with Crippen LogP contribution in [0.5, 0.6) is 0 Å². The van der Waals surface area contributed by atoms with E-state index >= 15 is 0 Å². The minimum Gasteiger partial charge on any atom is -0.392 e. The van der Waals surface area contributed by atoms with Gasteiger partial charge in [0, 0.05) is 30.3 Å². The fourth-order valence-electron chi connectivity index (χ4n) is 3.26. The van der Waals surface area contributed by atoms with Crippen molar-refractivity contribution in [3.63, 3.8) is 0 Å². The average Bonchev–Trinajstić information content (AvgIpc) is 3.12. The van der Waals surface area contributed by atoms with Gasteiger partial charge in [0.25, 0.3) is 5.91 Å². The topological polar surface area (TPSA) is 113 Å². The molecule has 0 aliphatic rings. The van der Waals surface area contributed by atoms with E-state index in [1.165, 1.54) is 31.2 Å². The van der Waals surface area contributed by atoms with Gasteiger partial charge in [-0.05, 0) is 63.2 Å². The van der Waals surface area contributed by atoms with Gasteiger partial charge in [-0.25, -0.2) is 17.8 Å². The van der Waals surface area contributed by atoms with Gasteiger partial charge in [0.1, 0.15) is 0 Å². The Morgan fingerprint density at radius 3 is 2.38 bits per heavy atom. The molecule has 0 saturated heterocycles. The van der Waals surface area contributed by atoms with E-state index in [1.54, 1.807) is 0 Å². The van der Waals surface area contributed by atoms with Crippen LogP contribution < -0.4 is 10.0 Å². The van der Waals surface area contributed by atoms with E-state index in [1.807, 2.05) is 54.9 Å². The summed E-state index contributed by atoms with van der Waals surface area (Å²) in [5.74, 6) is -0.291. The van der Waals surface area contributed by atoms with E-state index in [4.69, 9.17) is 0 Å². The fraction of sp³-hybridized carbons (Fsp3) is 0.304. The molecule has 3 aromatic rings. The molecule has 0 bridgehead atoms. The van der Waals surface area contributed by atoms with E-state index in [0.29, 0.717) is 12.0 Å². The lowest BCUT2D eigenvalue weighted by molar-refractivity contribution is 0.0939. The summed E-state index contributed by atoms with van der Waals surface area (Å²) in [7, 11) is -3.74. The van der Waals surface area contributed by atoms with Gasteiger partial charge in [0.2, 0.25) is 10.0 Å². The summed E-state index contributed by atoms with van der Waals surface area (Å²) in [6.07, 6.45) is -0.213. The van der Waals surface area contributed by atoms with Gasteiger partial charge in [-0.2, -0.15) is 5.10 Å². The van der Waals surface area contributed by atoms with E-state index in [9.17, 15) is 18.3 Å². The van der Waals surface area contributed by atoms with Crippen LogP contribution in [0.25, 0.3) is 5.69 Å². The molecule has 0 radical (unpaired) electrons. The predicted molar refractivity (Wildman–Crippen MR) is 122 cm³/mol. The van der Waals surface area contributed by atoms with Gasteiger partial charge < -0.3 is 10.4 Å². The molecule has 1 heterocycles. The van der Waals surface area contributed by atoms with Crippen molar-refractivity contribution in [2.75, 3.05) is 6.54 Å². The first-order chi connectivity index (χ1) is 15.2. The van der Waals surface area contributed by atoms with E-state index < -0.39 is 16.1 Å². The molecule has 0 aliphatic carbocycles. The van der Waals surface area contributed by atoms with Gasteiger partial charge in [0.05, 0.1) is 22.4 Å². The van der Waals surface area contributed by atoms with Crippen molar-refractivity contribution in [2.45, 2.75) is 44.2 Å². The number of rotatable bonds is 9. The molecule has 8 nitrogen and oxygen atoms in total. The van der Waals surface area contributed by atoms with Crippen LogP contribution in [0.2, 0.25) is 0 Å². The van der Waals surface area contributed by atoms with Gasteiger partial charge in [0.15, 0.2) is 0 Å². The quantitative estimate of drug-likeness (QED) is 0.457. The van der Waals surface area contributed by atoms with E-state index in [0.717, 1.165) is 17.1 Å². The highest BCUT2D eigenvalue weighted by atomic mass is 32.2. The van der Waals surface area contributed by atoms with Crippen LogP contribution in [0.15, 0.2) is 65.6 Å². The Hall–Kier alpha value is -3.01. The summed E-state index contributed by atoms with van der Waals surface area (Å²) >= 11 is 0. The zero-order chi connectivity index (χ0) is 23.3. The number of hydrogen-bond donors (Lipinski definition) is 3. The Morgan fingerprint density at radius 1 is 1.09 bits per heavy atom. The van der Waals surface area contributed by atoms with E-state index in [2.05, 4.69) is 15.1 Å². The molecule has 0 saturated carbocycles. The molecule has 3 rings (SSSR count). The molecule has 32 heavy (non-hydrogen) atoms. The Balaban J connectivity index is 1.66. The lowest BCUT2D eigenvalue weighted by atomic mass is 10.1. The van der Waals surface area contributed by atoms with Crippen molar-refractivity contribution in [2.24, 2.45) is 0 Å². The number of nitrogens with zero attached hydrogens (tertiary/aromatic N) is 2. The standard InChI is InChI=1S/C23H28N4O4S/c1-16(13-21-14-17(2)26-27(21)20-7-5-4-6-8-20)25-23(29)19-9-11-22(12-10-19)32(30,31)24-15-18(3)28/h4-12,14,16,18,24,28H,13,15H2,1-3H3,(H,25,29). The number of para-hydroxylation sites is 1. The molecule has 9 heteroatoms. The number of aryl methyl sites for hydroxylation is 1. The molecule has 2 aromatic carbocycles. The van der Waals surface area contributed by atoms with Gasteiger partial charge in [-0.3, -0.25) is 4.79 Å². The van der Waals surface area contributed by atoms with Crippen molar-refractivity contribution in [3.8, 4) is 5.69 Å². The maximum Gasteiger partial charge on any atom is 0.251 e. The highest BCUT2D eigenvalue weighted by Gasteiger charge is 2.17. The minimum atomic E-state index is -3.74. The third kappa shape index (κ3) is 6.03. The summed E-state index contributed by atoms with van der Waals surface area (Å²) in [6.45, 7) is 5.25. The Bertz CT molecular complexity index is 1160. The third-order valence-corrected chi connectivity index (χ3v) is 6.23. The van der Waals surface area contributed by atoms with Crippen molar-refractivity contribution < 1.29 is 18.3 Å². The molecule has 2 unspecified atom stereocenters. The molecule has 170 valence electrons. The summed E-state index contributed by atoms with van der Waals surface area (Å²) in [4.78, 5) is 12.7. The molecule has 0 aliphatic heterocycles. The molecule has 2 atom stereocenters. The largest absolute Gasteiger partial charge is 0.392 e. The lowest BCUT2D eigenvalue weighted by Gasteiger charge is -2.15. The second kappa shape index (κ2) is 10.1. The van der Waals surface area contributed by atoms with Crippen molar-refractivity contribution >= 4 is 15.9 Å². The first-order valence-electron chi connectivity index (χ1n) is 10.4. The smallest absolute Gasteiger partial charge is 0.251 e. The van der Waals surface area contributed by atoms with Crippen LogP contribution in [0.4, 0.5) is 0 Å². The minimum absolute atomic E-state index is 0.0324. The predicted octanol–water partition coefficient (Wildman–Crippen LogP) is 2.20. The molecule has 3 N–H and O–H groups in total. The lowest BCUT2D eigenvalue weighted by Crippen LogP contribution is -2.34. The highest BCUT2D eigenvalue weighted by molar-refractivity contribution is 7.89.